The van der Waals surface area contributed by atoms with Crippen molar-refractivity contribution >= 4 is 12.0 Å². The molecule has 0 aliphatic carbocycles. The van der Waals surface area contributed by atoms with Crippen LogP contribution in [-0.4, -0.2) is 36.1 Å². The topological polar surface area (TPSA) is 55.8 Å². The molecule has 138 valence electrons. The van der Waals surface area contributed by atoms with Crippen LogP contribution >= 0.6 is 0 Å². The van der Waals surface area contributed by atoms with E-state index in [0.29, 0.717) is 0 Å². The second-order valence-corrected chi connectivity index (χ2v) is 5.10. The molecule has 0 saturated carbocycles. The number of ether oxygens (including phenoxy) is 2. The molecule has 0 aromatic heterocycles. The smallest absolute Gasteiger partial charge is 0.430 e. The molecule has 1 aliphatic heterocycles. The SMILES string of the molecule is CCOC(=O)C1=Cc2cc(C(O)C(F)(F)F)ccc2OC1C(F)(F)F. The number of hydrogen-bond donors (Lipinski definition) is 1. The van der Waals surface area contributed by atoms with Gasteiger partial charge in [-0.15, -0.1) is 0 Å². The second kappa shape index (κ2) is 6.58. The van der Waals surface area contributed by atoms with E-state index in [9.17, 15) is 36.2 Å². The molecule has 0 fully saturated rings. The molecule has 0 bridgehead atoms. The molecule has 1 N–H and O–H groups in total. The number of carbonyl (C=O) groups excluding carboxylic acids is 1. The van der Waals surface area contributed by atoms with E-state index < -0.39 is 41.7 Å². The Morgan fingerprint density at radius 2 is 1.92 bits per heavy atom. The standard InChI is InChI=1S/C15H12F6O4/c1-2-24-13(23)9-6-8-5-7(11(22)14(16,17)18)3-4-10(8)25-12(9)15(19,20)21/h3-6,11-12,22H,2H2,1H3. The highest BCUT2D eigenvalue weighted by atomic mass is 19.4. The molecule has 1 heterocycles. The summed E-state index contributed by atoms with van der Waals surface area (Å²) in [7, 11) is 0. The number of esters is 1. The summed E-state index contributed by atoms with van der Waals surface area (Å²) in [6, 6.07) is 2.48. The molecular formula is C15H12F6O4. The highest BCUT2D eigenvalue weighted by Gasteiger charge is 2.49. The fourth-order valence-electron chi connectivity index (χ4n) is 2.20. The van der Waals surface area contributed by atoms with Crippen LogP contribution in [0.15, 0.2) is 23.8 Å². The van der Waals surface area contributed by atoms with Gasteiger partial charge in [-0.2, -0.15) is 26.3 Å². The predicted molar refractivity (Wildman–Crippen MR) is 72.5 cm³/mol. The Kier molecular flexibility index (Phi) is 5.03. The van der Waals surface area contributed by atoms with Crippen molar-refractivity contribution in [3.8, 4) is 5.75 Å². The van der Waals surface area contributed by atoms with E-state index in [4.69, 9.17) is 4.74 Å². The van der Waals surface area contributed by atoms with E-state index in [2.05, 4.69) is 4.74 Å². The van der Waals surface area contributed by atoms with Gasteiger partial charge in [0.1, 0.15) is 5.75 Å². The molecule has 10 heteroatoms. The monoisotopic (exact) mass is 370 g/mol. The average molecular weight is 370 g/mol. The minimum Gasteiger partial charge on any atom is -0.475 e. The molecule has 0 amide bonds. The summed E-state index contributed by atoms with van der Waals surface area (Å²) in [6.45, 7) is 1.19. The van der Waals surface area contributed by atoms with Crippen LogP contribution in [0.5, 0.6) is 5.75 Å². The average Bonchev–Trinajstić information content (AvgIpc) is 2.50. The quantitative estimate of drug-likeness (QED) is 0.653. The summed E-state index contributed by atoms with van der Waals surface area (Å²) < 4.78 is 86.3. The summed E-state index contributed by atoms with van der Waals surface area (Å²) in [5.74, 6) is -1.66. The van der Waals surface area contributed by atoms with Crippen LogP contribution in [0.3, 0.4) is 0 Å². The van der Waals surface area contributed by atoms with Crippen LogP contribution in [0, 0.1) is 0 Å². The van der Waals surface area contributed by atoms with Gasteiger partial charge >= 0.3 is 18.3 Å². The molecular weight excluding hydrogens is 358 g/mol. The minimum atomic E-state index is -4.95. The third-order valence-corrected chi connectivity index (χ3v) is 3.31. The van der Waals surface area contributed by atoms with Crippen molar-refractivity contribution in [3.05, 3.63) is 34.9 Å². The van der Waals surface area contributed by atoms with Crippen molar-refractivity contribution in [1.29, 1.82) is 0 Å². The van der Waals surface area contributed by atoms with Gasteiger partial charge in [-0.25, -0.2) is 4.79 Å². The highest BCUT2D eigenvalue weighted by Crippen LogP contribution is 2.40. The van der Waals surface area contributed by atoms with Gasteiger partial charge in [0.2, 0.25) is 6.10 Å². The second-order valence-electron chi connectivity index (χ2n) is 5.10. The Labute approximate surface area is 137 Å². The lowest BCUT2D eigenvalue weighted by atomic mass is 9.98. The number of fused-ring (bicyclic) bond motifs is 1. The summed E-state index contributed by atoms with van der Waals surface area (Å²) in [6.07, 6.45) is -14.6. The zero-order valence-electron chi connectivity index (χ0n) is 12.6. The molecule has 25 heavy (non-hydrogen) atoms. The number of alkyl halides is 6. The van der Waals surface area contributed by atoms with E-state index in [1.807, 2.05) is 0 Å². The lowest BCUT2D eigenvalue weighted by molar-refractivity contribution is -0.206. The fourth-order valence-corrected chi connectivity index (χ4v) is 2.20. The number of aliphatic hydroxyl groups excluding tert-OH is 1. The van der Waals surface area contributed by atoms with Crippen LogP contribution < -0.4 is 4.74 Å². The summed E-state index contributed by atoms with van der Waals surface area (Å²) in [5.41, 5.74) is -1.69. The molecule has 0 radical (unpaired) electrons. The Hall–Kier alpha value is -2.23. The van der Waals surface area contributed by atoms with Crippen molar-refractivity contribution in [2.24, 2.45) is 0 Å². The van der Waals surface area contributed by atoms with Crippen LogP contribution in [0.25, 0.3) is 6.08 Å². The normalized spacial score (nSPS) is 18.7. The van der Waals surface area contributed by atoms with E-state index >= 15 is 0 Å². The first-order valence-corrected chi connectivity index (χ1v) is 6.96. The number of hydrogen-bond acceptors (Lipinski definition) is 4. The maximum Gasteiger partial charge on any atom is 0.430 e. The van der Waals surface area contributed by atoms with Crippen LogP contribution in [0.1, 0.15) is 24.2 Å². The molecule has 4 nitrogen and oxygen atoms in total. The van der Waals surface area contributed by atoms with Crippen molar-refractivity contribution in [2.75, 3.05) is 6.61 Å². The Morgan fingerprint density at radius 1 is 1.28 bits per heavy atom. The third kappa shape index (κ3) is 4.06. The number of carbonyl (C=O) groups is 1. The predicted octanol–water partition coefficient (Wildman–Crippen LogP) is 3.55. The van der Waals surface area contributed by atoms with E-state index in [1.54, 1.807) is 0 Å². The van der Waals surface area contributed by atoms with Gasteiger partial charge in [0.05, 0.1) is 12.2 Å². The zero-order valence-corrected chi connectivity index (χ0v) is 12.6. The van der Waals surface area contributed by atoms with Gasteiger partial charge in [-0.05, 0) is 30.7 Å². The Bertz CT molecular complexity index is 692. The molecule has 0 saturated heterocycles. The first kappa shape index (κ1) is 19.1. The molecule has 2 atom stereocenters. The lowest BCUT2D eigenvalue weighted by Crippen LogP contribution is -2.40. The van der Waals surface area contributed by atoms with Crippen molar-refractivity contribution < 1.29 is 45.7 Å². The van der Waals surface area contributed by atoms with Gasteiger partial charge in [0.15, 0.2) is 6.10 Å². The molecule has 2 unspecified atom stereocenters. The first-order chi connectivity index (χ1) is 11.4. The molecule has 1 aliphatic rings. The van der Waals surface area contributed by atoms with Crippen molar-refractivity contribution in [1.82, 2.24) is 0 Å². The molecule has 0 spiro atoms. The van der Waals surface area contributed by atoms with Gasteiger partial charge < -0.3 is 14.6 Å². The van der Waals surface area contributed by atoms with E-state index in [1.165, 1.54) is 6.92 Å². The highest BCUT2D eigenvalue weighted by molar-refractivity contribution is 5.96. The van der Waals surface area contributed by atoms with Crippen LogP contribution in [-0.2, 0) is 9.53 Å². The summed E-state index contributed by atoms with van der Waals surface area (Å²) in [4.78, 5) is 11.7. The Balaban J connectivity index is 2.49. The van der Waals surface area contributed by atoms with Crippen molar-refractivity contribution in [2.45, 2.75) is 31.5 Å². The number of halogens is 6. The summed E-state index contributed by atoms with van der Waals surface area (Å²) in [5, 5.41) is 9.24. The lowest BCUT2D eigenvalue weighted by Gasteiger charge is -2.28. The zero-order chi connectivity index (χ0) is 19.0. The number of rotatable bonds is 3. The van der Waals surface area contributed by atoms with Gasteiger partial charge in [-0.1, -0.05) is 6.07 Å². The van der Waals surface area contributed by atoms with Crippen molar-refractivity contribution in [3.63, 3.8) is 0 Å². The van der Waals surface area contributed by atoms with Crippen LogP contribution in [0.4, 0.5) is 26.3 Å². The maximum atomic E-state index is 13.1. The van der Waals surface area contributed by atoms with Gasteiger partial charge in [0, 0.05) is 5.56 Å². The molecule has 1 aromatic rings. The maximum absolute atomic E-state index is 13.1. The third-order valence-electron chi connectivity index (χ3n) is 3.31. The summed E-state index contributed by atoms with van der Waals surface area (Å²) >= 11 is 0. The van der Waals surface area contributed by atoms with Crippen LogP contribution in [0.2, 0.25) is 0 Å². The molecule has 2 rings (SSSR count). The Morgan fingerprint density at radius 3 is 2.44 bits per heavy atom. The van der Waals surface area contributed by atoms with E-state index in [0.717, 1.165) is 24.3 Å². The van der Waals surface area contributed by atoms with Gasteiger partial charge in [0.25, 0.3) is 0 Å². The fraction of sp³-hybridized carbons (Fsp3) is 0.400. The number of benzene rings is 1. The first-order valence-electron chi connectivity index (χ1n) is 6.96. The van der Waals surface area contributed by atoms with Gasteiger partial charge in [-0.3, -0.25) is 0 Å². The largest absolute Gasteiger partial charge is 0.475 e. The van der Waals surface area contributed by atoms with E-state index in [-0.39, 0.29) is 17.9 Å². The minimum absolute atomic E-state index is 0.194. The molecule has 1 aromatic carbocycles. The number of aliphatic hydroxyl groups is 1.